The first-order valence-corrected chi connectivity index (χ1v) is 36.4. The number of ether oxygens (including phenoxy) is 11. The van der Waals surface area contributed by atoms with Gasteiger partial charge in [-0.15, -0.1) is 0 Å². The van der Waals surface area contributed by atoms with Crippen LogP contribution >= 0.6 is 0 Å². The molecular weight excluding hydrogens is 1420 g/mol. The number of imide groups is 1. The zero-order chi connectivity index (χ0) is 76.5. The number of hydrogen-bond acceptors (Lipinski definition) is 25. The largest absolute Gasteiger partial charge is 0.458 e. The van der Waals surface area contributed by atoms with E-state index in [4.69, 9.17) is 57.1 Å². The molecule has 586 valence electrons. The Morgan fingerprint density at radius 2 is 1.24 bits per heavy atom. The van der Waals surface area contributed by atoms with Gasteiger partial charge in [-0.05, 0) is 86.1 Å². The van der Waals surface area contributed by atoms with Gasteiger partial charge in [-0.2, -0.15) is 0 Å². The van der Waals surface area contributed by atoms with Crippen molar-refractivity contribution in [2.45, 2.75) is 95.8 Å². The fraction of sp³-hybridized carbons (Fsp3) is 0.554. The van der Waals surface area contributed by atoms with Crippen LogP contribution in [0, 0.1) is 24.6 Å². The van der Waals surface area contributed by atoms with Crippen LogP contribution in [0.3, 0.4) is 0 Å². The summed E-state index contributed by atoms with van der Waals surface area (Å²) in [7, 11) is 0. The molecule has 0 radical (unpaired) electrons. The van der Waals surface area contributed by atoms with E-state index in [1.54, 1.807) is 44.2 Å². The number of carbonyl (C=O) groups excluding carboxylic acids is 9. The molecule has 34 heteroatoms. The van der Waals surface area contributed by atoms with E-state index in [-0.39, 0.29) is 102 Å². The number of halogens is 1. The fourth-order valence-corrected chi connectivity index (χ4v) is 13.5. The maximum absolute atomic E-state index is 15.4. The number of nitrogens with one attached hydrogen (secondary N) is 7. The number of fused-ring (bicyclic) bond motifs is 4. The van der Waals surface area contributed by atoms with Crippen molar-refractivity contribution in [2.75, 3.05) is 158 Å². The van der Waals surface area contributed by atoms with Gasteiger partial charge in [0.15, 0.2) is 11.9 Å². The van der Waals surface area contributed by atoms with Crippen molar-refractivity contribution in [3.05, 3.63) is 110 Å². The van der Waals surface area contributed by atoms with E-state index >= 15 is 4.39 Å². The molecule has 3 aliphatic heterocycles. The molecule has 4 atom stereocenters. The summed E-state index contributed by atoms with van der Waals surface area (Å²) >= 11 is 0. The number of aromatic nitrogens is 2. The Kier molecular flexibility index (Phi) is 30.5. The number of hydrogen-bond donors (Lipinski definition) is 9. The van der Waals surface area contributed by atoms with Crippen LogP contribution in [-0.4, -0.2) is 248 Å². The van der Waals surface area contributed by atoms with Crippen LogP contribution in [0.15, 0.2) is 59.4 Å². The van der Waals surface area contributed by atoms with Crippen LogP contribution in [0.4, 0.5) is 4.39 Å². The van der Waals surface area contributed by atoms with Gasteiger partial charge in [-0.25, -0.2) is 14.2 Å². The minimum atomic E-state index is -2.14. The highest BCUT2D eigenvalue weighted by Crippen LogP contribution is 2.44. The van der Waals surface area contributed by atoms with E-state index in [0.717, 1.165) is 36.8 Å². The molecule has 10 rings (SSSR count). The van der Waals surface area contributed by atoms with Crippen molar-refractivity contribution < 1.29 is 110 Å². The minimum Gasteiger partial charge on any atom is -0.458 e. The summed E-state index contributed by atoms with van der Waals surface area (Å²) in [5.41, 5.74) is 0.684. The SMILES string of the molecule is CC[C@@]1(O)C(=O)OCc2c1cc1c3nc4cc(F)c(C)c5c4c4c3c(n1c2=O)=C([C@@H](O)OCNC(=O)CNC(=O)[C@H](Cc1ccccc1)NC(=O)CNC(=O)CNC(=O)COCCOCCOCCOCCOCCOCCOCCOCCOCCNC(=O)C1CCC(CN2C(=O)C=CC2=O)CC1)N[C@H]4CC5. The van der Waals surface area contributed by atoms with E-state index < -0.39 is 104 Å². The molecule has 0 unspecified atom stereocenters. The zero-order valence-corrected chi connectivity index (χ0v) is 60.6. The molecule has 5 aromatic rings. The molecular formula is C74H95FN10O23. The van der Waals surface area contributed by atoms with Gasteiger partial charge in [0, 0.05) is 60.0 Å². The lowest BCUT2D eigenvalue weighted by Crippen LogP contribution is -2.52. The Morgan fingerprint density at radius 1 is 0.676 bits per heavy atom. The van der Waals surface area contributed by atoms with Crippen molar-refractivity contribution in [3.8, 4) is 0 Å². The Balaban J connectivity index is 0.523. The lowest BCUT2D eigenvalue weighted by molar-refractivity contribution is -0.172. The quantitative estimate of drug-likeness (QED) is 0.00976. The maximum Gasteiger partial charge on any atom is 0.343 e. The summed E-state index contributed by atoms with van der Waals surface area (Å²) in [5.74, 6) is -5.30. The van der Waals surface area contributed by atoms with Crippen molar-refractivity contribution in [1.29, 1.82) is 0 Å². The molecule has 2 aromatic carbocycles. The minimum absolute atomic E-state index is 0.000792. The van der Waals surface area contributed by atoms with E-state index in [9.17, 15) is 58.2 Å². The predicted octanol–water partition coefficient (Wildman–Crippen LogP) is -0.998. The highest BCUT2D eigenvalue weighted by molar-refractivity contribution is 6.13. The van der Waals surface area contributed by atoms with E-state index in [0.29, 0.717) is 146 Å². The average Bonchev–Trinajstić information content (AvgIpc) is 1.50. The number of nitrogens with zero attached hydrogens (tertiary/aromatic N) is 3. The number of esters is 1. The maximum atomic E-state index is 15.4. The molecule has 1 saturated carbocycles. The number of aryl methyl sites for hydroxylation is 1. The van der Waals surface area contributed by atoms with Crippen molar-refractivity contribution in [3.63, 3.8) is 0 Å². The molecule has 33 nitrogen and oxygen atoms in total. The van der Waals surface area contributed by atoms with Crippen LogP contribution in [0.1, 0.15) is 84.9 Å². The first-order chi connectivity index (χ1) is 52.3. The molecule has 108 heavy (non-hydrogen) atoms. The monoisotopic (exact) mass is 1510 g/mol. The lowest BCUT2D eigenvalue weighted by Gasteiger charge is -2.33. The van der Waals surface area contributed by atoms with E-state index in [1.165, 1.54) is 33.6 Å². The van der Waals surface area contributed by atoms with Crippen molar-refractivity contribution in [2.24, 2.45) is 11.8 Å². The summed E-state index contributed by atoms with van der Waals surface area (Å²) in [4.78, 5) is 135. The van der Waals surface area contributed by atoms with Gasteiger partial charge in [0.1, 0.15) is 31.8 Å². The number of aliphatic hydroxyl groups excluding tert-OH is 1. The molecule has 0 spiro atoms. The molecule has 8 amide bonds. The molecule has 9 N–H and O–H groups in total. The second-order valence-electron chi connectivity index (χ2n) is 26.4. The Bertz CT molecular complexity index is 4160. The number of cyclic esters (lactones) is 1. The van der Waals surface area contributed by atoms with Crippen molar-refractivity contribution >= 4 is 86.2 Å². The van der Waals surface area contributed by atoms with Gasteiger partial charge >= 0.3 is 5.97 Å². The topological polar surface area (TPSA) is 417 Å². The Labute approximate surface area is 620 Å². The normalized spacial score (nSPS) is 18.5. The third-order valence-corrected chi connectivity index (χ3v) is 19.2. The predicted molar refractivity (Wildman–Crippen MR) is 381 cm³/mol. The lowest BCUT2D eigenvalue weighted by atomic mass is 9.81. The summed E-state index contributed by atoms with van der Waals surface area (Å²) in [6.07, 6.45) is 4.63. The van der Waals surface area contributed by atoms with Crippen LogP contribution in [0.2, 0.25) is 0 Å². The van der Waals surface area contributed by atoms with Crippen LogP contribution in [0.25, 0.3) is 33.0 Å². The van der Waals surface area contributed by atoms with Crippen LogP contribution < -0.4 is 48.1 Å². The highest BCUT2D eigenvalue weighted by atomic mass is 19.1. The van der Waals surface area contributed by atoms with Crippen LogP contribution in [0.5, 0.6) is 0 Å². The van der Waals surface area contributed by atoms with Gasteiger partial charge in [0.25, 0.3) is 17.4 Å². The molecule has 0 bridgehead atoms. The van der Waals surface area contributed by atoms with Gasteiger partial charge in [-0.1, -0.05) is 37.3 Å². The zero-order valence-electron chi connectivity index (χ0n) is 60.6. The fourth-order valence-electron chi connectivity index (χ4n) is 13.5. The van der Waals surface area contributed by atoms with Gasteiger partial charge < -0.3 is 99.5 Å². The third-order valence-electron chi connectivity index (χ3n) is 19.2. The second kappa shape index (κ2) is 40.4. The number of carbonyl (C=O) groups is 9. The van der Waals surface area contributed by atoms with Crippen molar-refractivity contribution in [1.82, 2.24) is 51.5 Å². The highest BCUT2D eigenvalue weighted by Gasteiger charge is 2.46. The Morgan fingerprint density at radius 3 is 1.85 bits per heavy atom. The molecule has 2 aliphatic carbocycles. The Hall–Kier alpha value is -9.04. The van der Waals surface area contributed by atoms with E-state index in [1.807, 2.05) is 0 Å². The number of aliphatic hydroxyl groups is 2. The number of pyridine rings is 2. The number of amides is 8. The molecule has 5 aliphatic rings. The van der Waals surface area contributed by atoms with Gasteiger partial charge in [0.05, 0.1) is 171 Å². The summed E-state index contributed by atoms with van der Waals surface area (Å²) in [6.45, 7) is 6.97. The second-order valence-corrected chi connectivity index (χ2v) is 26.4. The molecule has 1 fully saturated rings. The van der Waals surface area contributed by atoms with Gasteiger partial charge in [-0.3, -0.25) is 52.5 Å². The number of rotatable bonds is 47. The molecule has 6 heterocycles. The average molecular weight is 1510 g/mol. The smallest absolute Gasteiger partial charge is 0.343 e. The summed E-state index contributed by atoms with van der Waals surface area (Å²) in [6, 6.07) is 9.86. The standard InChI is InChI=1S/C74H95FN10O23/c1-3-74(97)51-36-56-66-65-64-53(14-13-49-45(2)52(75)37-54(83-66)63(49)64)82-67(68(65)85(56)71(94)50(51)42-107-73(74)96)72(95)108-44-80-58(87)39-79-70(93)55(35-46-7-5-4-6-8-46)81-59(88)40-77-57(86)38-78-60(89)43-106-34-33-105-32-31-104-30-29-103-28-27-102-26-25-101-24-23-100-22-21-99-20-19-98-18-17-76-69(92)48-11-9-47(10-12-48)41-84-61(90)15-16-62(84)91/h4-8,15-16,36-37,47-48,53,55,72,82,95,97H,3,9-14,17-35,38-44H2,1-2H3,(H,76,92)(H,77,86)(H,78,89)(H,79,93)(H,80,87)(H,81,88)/t47?,48?,53-,55-,72-,74-/m0/s1. The summed E-state index contributed by atoms with van der Waals surface area (Å²) < 4.78 is 77.3. The molecule has 3 aromatic heterocycles. The first-order valence-electron chi connectivity index (χ1n) is 36.4. The van der Waals surface area contributed by atoms with Gasteiger partial charge in [0.2, 0.25) is 35.4 Å². The number of benzene rings is 2. The first kappa shape index (κ1) is 81.5. The summed E-state index contributed by atoms with van der Waals surface area (Å²) in [5, 5.41) is 43.4. The molecule has 0 saturated heterocycles. The van der Waals surface area contributed by atoms with E-state index in [2.05, 4.69) is 37.2 Å². The third kappa shape index (κ3) is 21.5. The van der Waals surface area contributed by atoms with Crippen LogP contribution in [-0.2, 0) is 120 Å².